The SMILES string of the molecule is Cc1cccc(C(=O)O[C@H](C)C(=O)N[C@@H]2CCS(=O)(=O)C2)c1N. The van der Waals surface area contributed by atoms with Gasteiger partial charge in [0.1, 0.15) is 0 Å². The van der Waals surface area contributed by atoms with E-state index in [2.05, 4.69) is 5.32 Å². The highest BCUT2D eigenvalue weighted by molar-refractivity contribution is 7.91. The Morgan fingerprint density at radius 3 is 2.70 bits per heavy atom. The Labute approximate surface area is 135 Å². The van der Waals surface area contributed by atoms with Gasteiger partial charge in [-0.2, -0.15) is 0 Å². The van der Waals surface area contributed by atoms with Crippen molar-refractivity contribution in [1.29, 1.82) is 0 Å². The van der Waals surface area contributed by atoms with Crippen LogP contribution in [-0.4, -0.2) is 43.9 Å². The van der Waals surface area contributed by atoms with E-state index in [9.17, 15) is 18.0 Å². The molecule has 0 spiro atoms. The van der Waals surface area contributed by atoms with Gasteiger partial charge in [-0.05, 0) is 31.9 Å². The molecule has 0 saturated carbocycles. The first kappa shape index (κ1) is 17.3. The highest BCUT2D eigenvalue weighted by atomic mass is 32.2. The van der Waals surface area contributed by atoms with Gasteiger partial charge >= 0.3 is 5.97 Å². The molecule has 0 aliphatic carbocycles. The first-order chi connectivity index (χ1) is 10.7. The van der Waals surface area contributed by atoms with Gasteiger partial charge in [0.15, 0.2) is 15.9 Å². The van der Waals surface area contributed by atoms with E-state index in [1.807, 2.05) is 0 Å². The number of nitrogens with two attached hydrogens (primary N) is 1. The number of rotatable bonds is 4. The summed E-state index contributed by atoms with van der Waals surface area (Å²) in [7, 11) is -3.08. The maximum absolute atomic E-state index is 12.1. The number of amides is 1. The average Bonchev–Trinajstić information content (AvgIpc) is 2.80. The second-order valence-corrected chi connectivity index (χ2v) is 7.92. The first-order valence-corrected chi connectivity index (χ1v) is 9.08. The van der Waals surface area contributed by atoms with E-state index < -0.39 is 33.9 Å². The van der Waals surface area contributed by atoms with Crippen LogP contribution in [0.15, 0.2) is 18.2 Å². The van der Waals surface area contributed by atoms with Crippen molar-refractivity contribution in [2.75, 3.05) is 17.2 Å². The lowest BCUT2D eigenvalue weighted by Crippen LogP contribution is -2.42. The number of nitrogen functional groups attached to an aromatic ring is 1. The van der Waals surface area contributed by atoms with Gasteiger partial charge in [-0.25, -0.2) is 13.2 Å². The Hall–Kier alpha value is -2.09. The number of benzene rings is 1. The quantitative estimate of drug-likeness (QED) is 0.606. The van der Waals surface area contributed by atoms with Crippen LogP contribution in [0, 0.1) is 6.92 Å². The Bertz CT molecular complexity index is 729. The summed E-state index contributed by atoms with van der Waals surface area (Å²) in [4.78, 5) is 24.1. The maximum atomic E-state index is 12.1. The van der Waals surface area contributed by atoms with Crippen molar-refractivity contribution >= 4 is 27.4 Å². The summed E-state index contributed by atoms with van der Waals surface area (Å²) in [6.07, 6.45) is -0.662. The summed E-state index contributed by atoms with van der Waals surface area (Å²) in [5, 5.41) is 2.59. The van der Waals surface area contributed by atoms with Crippen molar-refractivity contribution in [3.8, 4) is 0 Å². The fraction of sp³-hybridized carbons (Fsp3) is 0.467. The molecule has 1 aliphatic rings. The van der Waals surface area contributed by atoms with Gasteiger partial charge in [0.2, 0.25) is 0 Å². The minimum absolute atomic E-state index is 0.0614. The molecule has 3 N–H and O–H groups in total. The Morgan fingerprint density at radius 1 is 1.39 bits per heavy atom. The largest absolute Gasteiger partial charge is 0.449 e. The van der Waals surface area contributed by atoms with Crippen LogP contribution in [0.1, 0.15) is 29.3 Å². The van der Waals surface area contributed by atoms with Gasteiger partial charge in [-0.1, -0.05) is 12.1 Å². The van der Waals surface area contributed by atoms with Crippen molar-refractivity contribution < 1.29 is 22.7 Å². The lowest BCUT2D eigenvalue weighted by atomic mass is 10.1. The van der Waals surface area contributed by atoms with E-state index in [-0.39, 0.29) is 17.1 Å². The summed E-state index contributed by atoms with van der Waals surface area (Å²) in [6, 6.07) is 4.54. The lowest BCUT2D eigenvalue weighted by Gasteiger charge is -2.17. The van der Waals surface area contributed by atoms with Gasteiger partial charge in [0.25, 0.3) is 5.91 Å². The topological polar surface area (TPSA) is 116 Å². The zero-order chi connectivity index (χ0) is 17.2. The van der Waals surface area contributed by atoms with Gasteiger partial charge in [0, 0.05) is 11.7 Å². The molecule has 1 saturated heterocycles. The van der Waals surface area contributed by atoms with Crippen LogP contribution in [0.4, 0.5) is 5.69 Å². The second-order valence-electron chi connectivity index (χ2n) is 5.69. The third-order valence-electron chi connectivity index (χ3n) is 3.78. The summed E-state index contributed by atoms with van der Waals surface area (Å²) < 4.78 is 27.9. The van der Waals surface area contributed by atoms with Gasteiger partial charge in [-0.15, -0.1) is 0 Å². The Balaban J connectivity index is 1.95. The number of para-hydroxylation sites is 1. The number of anilines is 1. The molecule has 0 radical (unpaired) electrons. The number of aryl methyl sites for hydroxylation is 1. The van der Waals surface area contributed by atoms with E-state index in [1.54, 1.807) is 19.1 Å². The third kappa shape index (κ3) is 4.22. The number of ether oxygens (including phenoxy) is 1. The van der Waals surface area contributed by atoms with Crippen molar-refractivity contribution in [1.82, 2.24) is 5.32 Å². The molecular weight excluding hydrogens is 320 g/mol. The monoisotopic (exact) mass is 340 g/mol. The molecule has 1 fully saturated rings. The molecular formula is C15H20N2O5S. The molecule has 2 atom stereocenters. The minimum atomic E-state index is -3.08. The first-order valence-electron chi connectivity index (χ1n) is 7.26. The van der Waals surface area contributed by atoms with Crippen LogP contribution in [0.2, 0.25) is 0 Å². The number of carbonyl (C=O) groups excluding carboxylic acids is 2. The van der Waals surface area contributed by atoms with Gasteiger partial charge in [-0.3, -0.25) is 4.79 Å². The molecule has 1 aromatic carbocycles. The number of hydrogen-bond donors (Lipinski definition) is 2. The van der Waals surface area contributed by atoms with Crippen LogP contribution in [0.5, 0.6) is 0 Å². The minimum Gasteiger partial charge on any atom is -0.449 e. The van der Waals surface area contributed by atoms with E-state index in [1.165, 1.54) is 13.0 Å². The molecule has 8 heteroatoms. The molecule has 7 nitrogen and oxygen atoms in total. The summed E-state index contributed by atoms with van der Waals surface area (Å²) >= 11 is 0. The van der Waals surface area contributed by atoms with E-state index in [0.717, 1.165) is 5.56 Å². The number of hydrogen-bond acceptors (Lipinski definition) is 6. The molecule has 126 valence electrons. The van der Waals surface area contributed by atoms with E-state index in [0.29, 0.717) is 12.1 Å². The average molecular weight is 340 g/mol. The highest BCUT2D eigenvalue weighted by Gasteiger charge is 2.31. The summed E-state index contributed by atoms with van der Waals surface area (Å²) in [5.74, 6) is -1.23. The predicted octanol–water partition coefficient (Wildman–Crippen LogP) is 0.426. The number of carbonyl (C=O) groups is 2. The standard InChI is InChI=1S/C15H20N2O5S/c1-9-4-3-5-12(13(9)16)15(19)22-10(2)14(18)17-11-6-7-23(20,21)8-11/h3-5,10-11H,6-8,16H2,1-2H3,(H,17,18)/t10-,11-/m1/s1. The lowest BCUT2D eigenvalue weighted by molar-refractivity contribution is -0.129. The molecule has 0 unspecified atom stereocenters. The zero-order valence-corrected chi connectivity index (χ0v) is 13.9. The molecule has 1 aromatic rings. The number of nitrogens with one attached hydrogen (secondary N) is 1. The molecule has 0 bridgehead atoms. The molecule has 1 amide bonds. The molecule has 1 aliphatic heterocycles. The molecule has 2 rings (SSSR count). The van der Waals surface area contributed by atoms with Crippen LogP contribution < -0.4 is 11.1 Å². The fourth-order valence-corrected chi connectivity index (χ4v) is 4.04. The summed E-state index contributed by atoms with van der Waals surface area (Å²) in [5.41, 5.74) is 7.09. The predicted molar refractivity (Wildman–Crippen MR) is 85.7 cm³/mol. The van der Waals surface area contributed by atoms with Crippen LogP contribution in [0.3, 0.4) is 0 Å². The van der Waals surface area contributed by atoms with E-state index >= 15 is 0 Å². The molecule has 23 heavy (non-hydrogen) atoms. The molecule has 1 heterocycles. The Kier molecular flexibility index (Phi) is 4.93. The van der Waals surface area contributed by atoms with Gasteiger partial charge in [0.05, 0.1) is 17.1 Å². The third-order valence-corrected chi connectivity index (χ3v) is 5.54. The second kappa shape index (κ2) is 6.57. The Morgan fingerprint density at radius 2 is 2.09 bits per heavy atom. The van der Waals surface area contributed by atoms with Crippen molar-refractivity contribution in [3.05, 3.63) is 29.3 Å². The smallest absolute Gasteiger partial charge is 0.341 e. The van der Waals surface area contributed by atoms with Crippen molar-refractivity contribution in [2.45, 2.75) is 32.4 Å². The fourth-order valence-electron chi connectivity index (χ4n) is 2.36. The normalized spacial score (nSPS) is 20.7. The number of sulfone groups is 1. The number of esters is 1. The van der Waals surface area contributed by atoms with E-state index in [4.69, 9.17) is 10.5 Å². The summed E-state index contributed by atoms with van der Waals surface area (Å²) in [6.45, 7) is 3.20. The van der Waals surface area contributed by atoms with Crippen molar-refractivity contribution in [3.63, 3.8) is 0 Å². The van der Waals surface area contributed by atoms with Crippen LogP contribution in [0.25, 0.3) is 0 Å². The van der Waals surface area contributed by atoms with Crippen LogP contribution >= 0.6 is 0 Å². The zero-order valence-electron chi connectivity index (χ0n) is 13.0. The maximum Gasteiger partial charge on any atom is 0.341 e. The highest BCUT2D eigenvalue weighted by Crippen LogP contribution is 2.18. The van der Waals surface area contributed by atoms with Crippen molar-refractivity contribution in [2.24, 2.45) is 0 Å². The molecule has 0 aromatic heterocycles. The van der Waals surface area contributed by atoms with Crippen LogP contribution in [-0.2, 0) is 19.4 Å². The van der Waals surface area contributed by atoms with Gasteiger partial charge < -0.3 is 15.8 Å².